The van der Waals surface area contributed by atoms with Gasteiger partial charge < -0.3 is 19.6 Å². The molecule has 0 aliphatic carbocycles. The number of nitrogens with one attached hydrogen (secondary N) is 1. The Morgan fingerprint density at radius 3 is 2.72 bits per heavy atom. The first-order valence-corrected chi connectivity index (χ1v) is 8.35. The number of ether oxygens (including phenoxy) is 2. The first-order chi connectivity index (χ1) is 12.2. The van der Waals surface area contributed by atoms with Crippen LogP contribution in [0.2, 0.25) is 0 Å². The Morgan fingerprint density at radius 1 is 1.08 bits per heavy atom. The smallest absolute Gasteiger partial charge is 0.128 e. The van der Waals surface area contributed by atoms with Gasteiger partial charge in [0.2, 0.25) is 0 Å². The SMILES string of the molecule is COc1ccccc1CN(C)CC(O)COc1cccc2[nH]ccc12. The van der Waals surface area contributed by atoms with Crippen molar-refractivity contribution in [3.05, 3.63) is 60.3 Å². The van der Waals surface area contributed by atoms with Crippen LogP contribution in [-0.2, 0) is 6.54 Å². The highest BCUT2D eigenvalue weighted by Gasteiger charge is 2.12. The molecular formula is C20H24N2O3. The summed E-state index contributed by atoms with van der Waals surface area (Å²) < 4.78 is 11.2. The van der Waals surface area contributed by atoms with Crippen LogP contribution < -0.4 is 9.47 Å². The lowest BCUT2D eigenvalue weighted by atomic mass is 10.2. The number of methoxy groups -OCH3 is 1. The number of rotatable bonds is 8. The van der Waals surface area contributed by atoms with Crippen LogP contribution in [0.4, 0.5) is 0 Å². The van der Waals surface area contributed by atoms with Crippen molar-refractivity contribution < 1.29 is 14.6 Å². The lowest BCUT2D eigenvalue weighted by molar-refractivity contribution is 0.0747. The van der Waals surface area contributed by atoms with Gasteiger partial charge in [0.15, 0.2) is 0 Å². The van der Waals surface area contributed by atoms with Crippen molar-refractivity contribution in [2.24, 2.45) is 0 Å². The van der Waals surface area contributed by atoms with E-state index < -0.39 is 6.10 Å². The fraction of sp³-hybridized carbons (Fsp3) is 0.300. The first kappa shape index (κ1) is 17.3. The topological polar surface area (TPSA) is 57.7 Å². The zero-order valence-corrected chi connectivity index (χ0v) is 14.6. The number of aromatic nitrogens is 1. The van der Waals surface area contributed by atoms with Gasteiger partial charge in [0, 0.05) is 35.8 Å². The number of H-pyrrole nitrogens is 1. The van der Waals surface area contributed by atoms with Crippen molar-refractivity contribution in [1.29, 1.82) is 0 Å². The summed E-state index contributed by atoms with van der Waals surface area (Å²) in [6, 6.07) is 15.8. The number of para-hydroxylation sites is 1. The summed E-state index contributed by atoms with van der Waals surface area (Å²) in [4.78, 5) is 5.21. The monoisotopic (exact) mass is 340 g/mol. The standard InChI is InChI=1S/C20H24N2O3/c1-22(12-15-6-3-4-8-19(15)24-2)13-16(23)14-25-20-9-5-7-18-17(20)10-11-21-18/h3-11,16,21,23H,12-14H2,1-2H3. The van der Waals surface area contributed by atoms with Crippen molar-refractivity contribution >= 4 is 10.9 Å². The van der Waals surface area contributed by atoms with Crippen molar-refractivity contribution in [3.63, 3.8) is 0 Å². The van der Waals surface area contributed by atoms with Crippen LogP contribution in [0, 0.1) is 0 Å². The van der Waals surface area contributed by atoms with Crippen molar-refractivity contribution in [1.82, 2.24) is 9.88 Å². The highest BCUT2D eigenvalue weighted by molar-refractivity contribution is 5.85. The Bertz CT molecular complexity index is 815. The molecule has 25 heavy (non-hydrogen) atoms. The van der Waals surface area contributed by atoms with Crippen LogP contribution in [0.5, 0.6) is 11.5 Å². The summed E-state index contributed by atoms with van der Waals surface area (Å²) in [5.74, 6) is 1.64. The average molecular weight is 340 g/mol. The van der Waals surface area contributed by atoms with Gasteiger partial charge in [-0.05, 0) is 31.3 Å². The highest BCUT2D eigenvalue weighted by atomic mass is 16.5. The van der Waals surface area contributed by atoms with E-state index in [2.05, 4.69) is 9.88 Å². The van der Waals surface area contributed by atoms with Gasteiger partial charge in [-0.2, -0.15) is 0 Å². The summed E-state index contributed by atoms with van der Waals surface area (Å²) in [5.41, 5.74) is 2.12. The second-order valence-corrected chi connectivity index (χ2v) is 6.17. The summed E-state index contributed by atoms with van der Waals surface area (Å²) in [7, 11) is 3.64. The van der Waals surface area contributed by atoms with Crippen molar-refractivity contribution in [2.45, 2.75) is 12.6 Å². The van der Waals surface area contributed by atoms with Crippen LogP contribution in [-0.4, -0.2) is 48.4 Å². The van der Waals surface area contributed by atoms with Gasteiger partial charge in [-0.15, -0.1) is 0 Å². The molecule has 1 aromatic heterocycles. The zero-order valence-electron chi connectivity index (χ0n) is 14.6. The molecule has 0 saturated carbocycles. The van der Waals surface area contributed by atoms with Crippen LogP contribution in [0.1, 0.15) is 5.56 Å². The Kier molecular flexibility index (Phi) is 5.58. The second-order valence-electron chi connectivity index (χ2n) is 6.17. The van der Waals surface area contributed by atoms with E-state index in [1.54, 1.807) is 7.11 Å². The molecule has 0 aliphatic rings. The number of aliphatic hydroxyl groups excluding tert-OH is 1. The predicted octanol–water partition coefficient (Wildman–Crippen LogP) is 3.05. The van der Waals surface area contributed by atoms with Crippen molar-refractivity contribution in [2.75, 3.05) is 27.3 Å². The number of likely N-dealkylation sites (N-methyl/N-ethyl adjacent to an activating group) is 1. The molecule has 5 nitrogen and oxygen atoms in total. The molecule has 1 unspecified atom stereocenters. The minimum atomic E-state index is -0.575. The van der Waals surface area contributed by atoms with Gasteiger partial charge in [-0.3, -0.25) is 4.90 Å². The van der Waals surface area contributed by atoms with Gasteiger partial charge in [0.1, 0.15) is 24.2 Å². The normalized spacial score (nSPS) is 12.5. The fourth-order valence-corrected chi connectivity index (χ4v) is 2.97. The Hall–Kier alpha value is -2.50. The predicted molar refractivity (Wildman–Crippen MR) is 99.1 cm³/mol. The number of hydrogen-bond acceptors (Lipinski definition) is 4. The first-order valence-electron chi connectivity index (χ1n) is 8.35. The molecule has 2 aromatic carbocycles. The molecule has 5 heteroatoms. The molecule has 0 amide bonds. The van der Waals surface area contributed by atoms with E-state index in [0.29, 0.717) is 13.1 Å². The molecule has 0 saturated heterocycles. The fourth-order valence-electron chi connectivity index (χ4n) is 2.97. The Labute approximate surface area is 147 Å². The van der Waals surface area contributed by atoms with Gasteiger partial charge >= 0.3 is 0 Å². The zero-order chi connectivity index (χ0) is 17.6. The molecule has 0 radical (unpaired) electrons. The van der Waals surface area contributed by atoms with E-state index in [1.807, 2.05) is 61.8 Å². The maximum Gasteiger partial charge on any atom is 0.128 e. The molecule has 3 rings (SSSR count). The number of hydrogen-bond donors (Lipinski definition) is 2. The summed E-state index contributed by atoms with van der Waals surface area (Å²) in [6.07, 6.45) is 1.31. The minimum absolute atomic E-state index is 0.251. The molecule has 3 aromatic rings. The lowest BCUT2D eigenvalue weighted by Gasteiger charge is -2.22. The lowest BCUT2D eigenvalue weighted by Crippen LogP contribution is -2.32. The highest BCUT2D eigenvalue weighted by Crippen LogP contribution is 2.24. The van der Waals surface area contributed by atoms with E-state index >= 15 is 0 Å². The number of fused-ring (bicyclic) bond motifs is 1. The van der Waals surface area contributed by atoms with Gasteiger partial charge in [-0.1, -0.05) is 24.3 Å². The van der Waals surface area contributed by atoms with Crippen LogP contribution in [0.3, 0.4) is 0 Å². The van der Waals surface area contributed by atoms with Gasteiger partial charge in [-0.25, -0.2) is 0 Å². The molecule has 0 aliphatic heterocycles. The minimum Gasteiger partial charge on any atom is -0.496 e. The molecule has 1 heterocycles. The molecule has 132 valence electrons. The third kappa shape index (κ3) is 4.32. The summed E-state index contributed by atoms with van der Waals surface area (Å²) >= 11 is 0. The second kappa shape index (κ2) is 8.05. The maximum atomic E-state index is 10.3. The summed E-state index contributed by atoms with van der Waals surface area (Å²) in [6.45, 7) is 1.47. The third-order valence-corrected chi connectivity index (χ3v) is 4.14. The van der Waals surface area contributed by atoms with Gasteiger partial charge in [0.05, 0.1) is 7.11 Å². The number of aliphatic hydroxyl groups is 1. The van der Waals surface area contributed by atoms with E-state index in [1.165, 1.54) is 0 Å². The maximum absolute atomic E-state index is 10.3. The van der Waals surface area contributed by atoms with E-state index in [0.717, 1.165) is 28.0 Å². The number of benzene rings is 2. The molecule has 0 fully saturated rings. The van der Waals surface area contributed by atoms with Crippen LogP contribution >= 0.6 is 0 Å². The van der Waals surface area contributed by atoms with E-state index in [-0.39, 0.29) is 6.61 Å². The quantitative estimate of drug-likeness (QED) is 0.662. The molecule has 0 bridgehead atoms. The van der Waals surface area contributed by atoms with Gasteiger partial charge in [0.25, 0.3) is 0 Å². The van der Waals surface area contributed by atoms with Crippen LogP contribution in [0.25, 0.3) is 10.9 Å². The number of aromatic amines is 1. The largest absolute Gasteiger partial charge is 0.496 e. The van der Waals surface area contributed by atoms with Crippen LogP contribution in [0.15, 0.2) is 54.7 Å². The summed E-state index contributed by atoms with van der Waals surface area (Å²) in [5, 5.41) is 11.3. The van der Waals surface area contributed by atoms with E-state index in [9.17, 15) is 5.11 Å². The third-order valence-electron chi connectivity index (χ3n) is 4.14. The van der Waals surface area contributed by atoms with E-state index in [4.69, 9.17) is 9.47 Å². The number of nitrogens with zero attached hydrogens (tertiary/aromatic N) is 1. The molecule has 1 atom stereocenters. The Morgan fingerprint density at radius 2 is 1.88 bits per heavy atom. The Balaban J connectivity index is 1.53. The average Bonchev–Trinajstić information content (AvgIpc) is 3.09. The van der Waals surface area contributed by atoms with Crippen molar-refractivity contribution in [3.8, 4) is 11.5 Å². The molecular weight excluding hydrogens is 316 g/mol. The molecule has 2 N–H and O–H groups in total. The molecule has 0 spiro atoms.